The monoisotopic (exact) mass is 433 g/mol. The van der Waals surface area contributed by atoms with E-state index in [1.54, 1.807) is 0 Å². The number of amides is 1. The lowest BCUT2D eigenvalue weighted by molar-refractivity contribution is -0.173. The first kappa shape index (κ1) is 22.3. The maximum Gasteiger partial charge on any atom is 0.471 e. The second kappa shape index (κ2) is 8.55. The number of sulfonamides is 1. The van der Waals surface area contributed by atoms with Gasteiger partial charge in [0.15, 0.2) is 5.78 Å². The summed E-state index contributed by atoms with van der Waals surface area (Å²) < 4.78 is 75.7. The molecule has 7 nitrogen and oxygen atoms in total. The van der Waals surface area contributed by atoms with Crippen LogP contribution in [0.5, 0.6) is 0 Å². The fourth-order valence-corrected chi connectivity index (χ4v) is 3.18. The highest BCUT2D eigenvalue weighted by Gasteiger charge is 2.38. The smallest absolute Gasteiger partial charge is 0.341 e. The van der Waals surface area contributed by atoms with Crippen molar-refractivity contribution in [3.63, 3.8) is 0 Å². The predicted octanol–water partition coefficient (Wildman–Crippen LogP) is 2.05. The van der Waals surface area contributed by atoms with Gasteiger partial charge in [-0.25, -0.2) is 12.8 Å². The third kappa shape index (κ3) is 5.98. The van der Waals surface area contributed by atoms with E-state index in [9.17, 15) is 35.6 Å². The van der Waals surface area contributed by atoms with Crippen LogP contribution in [0.15, 0.2) is 42.7 Å². The van der Waals surface area contributed by atoms with Gasteiger partial charge in [-0.2, -0.15) is 13.2 Å². The fraction of sp³-hybridized carbons (Fsp3) is 0.235. The first-order valence-corrected chi connectivity index (χ1v) is 9.79. The molecule has 0 atom stereocenters. The molecule has 1 heterocycles. The van der Waals surface area contributed by atoms with Crippen molar-refractivity contribution in [3.05, 3.63) is 59.7 Å². The highest BCUT2D eigenvalue weighted by Crippen LogP contribution is 2.21. The molecular weight excluding hydrogens is 418 g/mol. The lowest BCUT2D eigenvalue weighted by atomic mass is 10.1. The summed E-state index contributed by atoms with van der Waals surface area (Å²) >= 11 is 0. The summed E-state index contributed by atoms with van der Waals surface area (Å²) in [5.41, 5.74) is -0.110. The number of benzene rings is 1. The first-order chi connectivity index (χ1) is 13.4. The van der Waals surface area contributed by atoms with Gasteiger partial charge in [0.2, 0.25) is 10.0 Å². The minimum Gasteiger partial charge on any atom is -0.341 e. The number of carbonyl (C=O) groups is 2. The highest BCUT2D eigenvalue weighted by atomic mass is 32.2. The molecule has 0 saturated carbocycles. The number of Topliss-reactive ketones (excluding diaryl/α,β-unsaturated/α-hetero) is 1. The van der Waals surface area contributed by atoms with Crippen LogP contribution in [0.1, 0.15) is 15.9 Å². The fourth-order valence-electron chi connectivity index (χ4n) is 2.31. The van der Waals surface area contributed by atoms with Crippen molar-refractivity contribution in [3.8, 4) is 0 Å². The molecule has 1 aromatic heterocycles. The van der Waals surface area contributed by atoms with Crippen LogP contribution >= 0.6 is 0 Å². The standard InChI is InChI=1S/C17H15F4N3O4S/c1-29(27,28)24(12-3-2-6-22-8-12)10-11-4-5-13(14(18)7-11)15(25)9-23-16(26)17(19,20)21/h2-8H,9-10H2,1H3,(H,23,26). The number of nitrogens with one attached hydrogen (secondary N) is 1. The average Bonchev–Trinajstić information content (AvgIpc) is 2.63. The summed E-state index contributed by atoms with van der Waals surface area (Å²) in [5, 5.41) is 1.36. The molecule has 2 aromatic rings. The van der Waals surface area contributed by atoms with E-state index in [0.29, 0.717) is 0 Å². The molecule has 1 N–H and O–H groups in total. The number of hydrogen-bond donors (Lipinski definition) is 1. The number of carbonyl (C=O) groups excluding carboxylic acids is 2. The Morgan fingerprint density at radius 3 is 2.41 bits per heavy atom. The van der Waals surface area contributed by atoms with Crippen LogP contribution in [-0.4, -0.2) is 44.1 Å². The number of anilines is 1. The molecule has 0 aliphatic carbocycles. The van der Waals surface area contributed by atoms with Gasteiger partial charge in [-0.05, 0) is 29.8 Å². The zero-order valence-corrected chi connectivity index (χ0v) is 15.7. The molecule has 0 saturated heterocycles. The molecular formula is C17H15F4N3O4S. The zero-order valence-electron chi connectivity index (χ0n) is 14.9. The van der Waals surface area contributed by atoms with Crippen LogP contribution < -0.4 is 9.62 Å². The summed E-state index contributed by atoms with van der Waals surface area (Å²) in [6.45, 7) is -1.31. The zero-order chi connectivity index (χ0) is 21.8. The topological polar surface area (TPSA) is 96.4 Å². The summed E-state index contributed by atoms with van der Waals surface area (Å²) in [4.78, 5) is 26.4. The average molecular weight is 433 g/mol. The molecule has 156 valence electrons. The van der Waals surface area contributed by atoms with Crippen LogP contribution in [-0.2, 0) is 21.4 Å². The molecule has 0 fully saturated rings. The molecule has 0 radical (unpaired) electrons. The van der Waals surface area contributed by atoms with Crippen molar-refractivity contribution in [1.82, 2.24) is 10.3 Å². The molecule has 1 aromatic carbocycles. The molecule has 1 amide bonds. The highest BCUT2D eigenvalue weighted by molar-refractivity contribution is 7.92. The number of hydrogen-bond acceptors (Lipinski definition) is 5. The Morgan fingerprint density at radius 2 is 1.90 bits per heavy atom. The van der Waals surface area contributed by atoms with Gasteiger partial charge in [-0.1, -0.05) is 6.07 Å². The number of alkyl halides is 3. The number of nitrogens with zero attached hydrogens (tertiary/aromatic N) is 2. The van der Waals surface area contributed by atoms with E-state index < -0.39 is 45.8 Å². The Balaban J connectivity index is 2.18. The molecule has 0 spiro atoms. The molecule has 12 heteroatoms. The van der Waals surface area contributed by atoms with E-state index in [0.717, 1.165) is 22.7 Å². The molecule has 0 unspecified atom stereocenters. The quantitative estimate of drug-likeness (QED) is 0.533. The molecule has 0 bridgehead atoms. The first-order valence-electron chi connectivity index (χ1n) is 7.94. The maximum absolute atomic E-state index is 14.3. The van der Waals surface area contributed by atoms with Gasteiger partial charge in [-0.3, -0.25) is 18.9 Å². The normalized spacial score (nSPS) is 11.8. The molecule has 0 aliphatic rings. The second-order valence-electron chi connectivity index (χ2n) is 5.90. The van der Waals surface area contributed by atoms with Crippen molar-refractivity contribution in [2.24, 2.45) is 0 Å². The molecule has 2 rings (SSSR count). The van der Waals surface area contributed by atoms with E-state index in [1.807, 2.05) is 0 Å². The lowest BCUT2D eigenvalue weighted by Crippen LogP contribution is -2.39. The van der Waals surface area contributed by atoms with Gasteiger partial charge >= 0.3 is 12.1 Å². The van der Waals surface area contributed by atoms with Gasteiger partial charge in [0.25, 0.3) is 0 Å². The van der Waals surface area contributed by atoms with Gasteiger partial charge in [0, 0.05) is 6.20 Å². The van der Waals surface area contributed by atoms with Crippen LogP contribution in [0.2, 0.25) is 0 Å². The number of rotatable bonds is 7. The van der Waals surface area contributed by atoms with E-state index >= 15 is 0 Å². The minimum atomic E-state index is -5.16. The summed E-state index contributed by atoms with van der Waals surface area (Å²) in [5.74, 6) is -4.45. The van der Waals surface area contributed by atoms with E-state index in [2.05, 4.69) is 4.98 Å². The predicted molar refractivity (Wildman–Crippen MR) is 95.1 cm³/mol. The van der Waals surface area contributed by atoms with Crippen LogP contribution in [0, 0.1) is 5.82 Å². The number of pyridine rings is 1. The second-order valence-corrected chi connectivity index (χ2v) is 7.81. The third-order valence-corrected chi connectivity index (χ3v) is 4.80. The largest absolute Gasteiger partial charge is 0.471 e. The van der Waals surface area contributed by atoms with Crippen molar-refractivity contribution < 1.29 is 35.6 Å². The van der Waals surface area contributed by atoms with Crippen molar-refractivity contribution in [2.45, 2.75) is 12.7 Å². The number of ketones is 1. The van der Waals surface area contributed by atoms with E-state index in [1.165, 1.54) is 35.9 Å². The summed E-state index contributed by atoms with van der Waals surface area (Å²) in [7, 11) is -3.74. The van der Waals surface area contributed by atoms with Gasteiger partial charge < -0.3 is 5.32 Å². The molecule has 0 aliphatic heterocycles. The van der Waals surface area contributed by atoms with Crippen LogP contribution in [0.25, 0.3) is 0 Å². The van der Waals surface area contributed by atoms with E-state index in [4.69, 9.17) is 0 Å². The Morgan fingerprint density at radius 1 is 1.21 bits per heavy atom. The summed E-state index contributed by atoms with van der Waals surface area (Å²) in [6.07, 6.45) is -1.46. The Labute approximate surface area is 163 Å². The van der Waals surface area contributed by atoms with Gasteiger partial charge in [-0.15, -0.1) is 0 Å². The van der Waals surface area contributed by atoms with Crippen LogP contribution in [0.4, 0.5) is 23.2 Å². The summed E-state index contributed by atoms with van der Waals surface area (Å²) in [6, 6.07) is 6.18. The number of aromatic nitrogens is 1. The Hall–Kier alpha value is -3.02. The molecule has 29 heavy (non-hydrogen) atoms. The van der Waals surface area contributed by atoms with Gasteiger partial charge in [0.1, 0.15) is 5.82 Å². The number of halogens is 4. The Kier molecular flexibility index (Phi) is 6.57. The Bertz CT molecular complexity index is 1010. The van der Waals surface area contributed by atoms with E-state index in [-0.39, 0.29) is 17.8 Å². The van der Waals surface area contributed by atoms with Crippen molar-refractivity contribution in [2.75, 3.05) is 17.1 Å². The van der Waals surface area contributed by atoms with Crippen molar-refractivity contribution >= 4 is 27.4 Å². The minimum absolute atomic E-state index is 0.188. The third-order valence-electron chi connectivity index (χ3n) is 3.66. The lowest BCUT2D eigenvalue weighted by Gasteiger charge is -2.22. The van der Waals surface area contributed by atoms with Gasteiger partial charge in [0.05, 0.1) is 36.8 Å². The maximum atomic E-state index is 14.3. The van der Waals surface area contributed by atoms with Crippen molar-refractivity contribution in [1.29, 1.82) is 0 Å². The van der Waals surface area contributed by atoms with Crippen LogP contribution in [0.3, 0.4) is 0 Å². The SMILES string of the molecule is CS(=O)(=O)N(Cc1ccc(C(=O)CNC(=O)C(F)(F)F)c(F)c1)c1cccnc1.